The minimum absolute atomic E-state index is 0.317. The lowest BCUT2D eigenvalue weighted by Crippen LogP contribution is -2.42. The molecule has 3 atom stereocenters. The Morgan fingerprint density at radius 2 is 2.17 bits per heavy atom. The van der Waals surface area contributed by atoms with E-state index in [4.69, 9.17) is 9.84 Å². The number of ether oxygens (including phenoxy) is 1. The lowest BCUT2D eigenvalue weighted by Gasteiger charge is -2.22. The third kappa shape index (κ3) is 0.802. The van der Waals surface area contributed by atoms with Crippen LogP contribution in [0.1, 0.15) is 19.8 Å². The molecule has 2 fully saturated rings. The highest BCUT2D eigenvalue weighted by atomic mass is 19.1. The van der Waals surface area contributed by atoms with Crippen LogP contribution in [0.4, 0.5) is 4.39 Å². The minimum atomic E-state index is -1.69. The maximum Gasteiger partial charge on any atom is 0.165 e. The molecule has 1 saturated heterocycles. The van der Waals surface area contributed by atoms with E-state index in [9.17, 15) is 9.50 Å². The summed E-state index contributed by atoms with van der Waals surface area (Å²) < 4.78 is 19.1. The van der Waals surface area contributed by atoms with Crippen molar-refractivity contribution in [1.82, 2.24) is 0 Å². The van der Waals surface area contributed by atoms with E-state index in [1.54, 1.807) is 0 Å². The zero-order chi connectivity index (χ0) is 8.98. The molecule has 1 aliphatic carbocycles. The summed E-state index contributed by atoms with van der Waals surface area (Å²) in [6.45, 7) is 1.03. The van der Waals surface area contributed by atoms with E-state index in [1.807, 2.05) is 0 Å². The first-order valence-corrected chi connectivity index (χ1v) is 4.19. The van der Waals surface area contributed by atoms with E-state index in [0.717, 1.165) is 0 Å². The summed E-state index contributed by atoms with van der Waals surface area (Å²) in [4.78, 5) is 0. The van der Waals surface area contributed by atoms with Crippen molar-refractivity contribution in [2.75, 3.05) is 6.61 Å². The van der Waals surface area contributed by atoms with Crippen molar-refractivity contribution in [2.24, 2.45) is 0 Å². The van der Waals surface area contributed by atoms with Gasteiger partial charge in [-0.25, -0.2) is 4.39 Å². The Morgan fingerprint density at radius 3 is 2.42 bits per heavy atom. The molecule has 0 aromatic rings. The third-order valence-electron chi connectivity index (χ3n) is 3.06. The van der Waals surface area contributed by atoms with Crippen LogP contribution in [0.2, 0.25) is 0 Å². The Morgan fingerprint density at radius 1 is 1.58 bits per heavy atom. The first-order chi connectivity index (χ1) is 5.53. The molecule has 70 valence electrons. The van der Waals surface area contributed by atoms with Crippen LogP contribution in [0.5, 0.6) is 0 Å². The second-order valence-electron chi connectivity index (χ2n) is 3.85. The molecule has 1 saturated carbocycles. The number of aliphatic hydroxyl groups excluding tert-OH is 2. The summed E-state index contributed by atoms with van der Waals surface area (Å²) in [5.74, 6) is 0. The Balaban J connectivity index is 2.23. The second-order valence-corrected chi connectivity index (χ2v) is 3.85. The molecule has 2 rings (SSSR count). The lowest BCUT2D eigenvalue weighted by atomic mass is 9.93. The zero-order valence-electron chi connectivity index (χ0n) is 6.96. The Labute approximate surface area is 70.1 Å². The van der Waals surface area contributed by atoms with Crippen molar-refractivity contribution < 1.29 is 19.3 Å². The summed E-state index contributed by atoms with van der Waals surface area (Å²) in [6, 6.07) is 0. The van der Waals surface area contributed by atoms with E-state index < -0.39 is 23.5 Å². The Hall–Kier alpha value is -0.190. The first kappa shape index (κ1) is 8.41. The van der Waals surface area contributed by atoms with Gasteiger partial charge in [-0.1, -0.05) is 0 Å². The van der Waals surface area contributed by atoms with Gasteiger partial charge in [-0.15, -0.1) is 0 Å². The van der Waals surface area contributed by atoms with Gasteiger partial charge in [0.2, 0.25) is 0 Å². The number of rotatable bonds is 1. The minimum Gasteiger partial charge on any atom is -0.394 e. The molecule has 0 radical (unpaired) electrons. The highest BCUT2D eigenvalue weighted by Gasteiger charge is 2.69. The van der Waals surface area contributed by atoms with Gasteiger partial charge >= 0.3 is 0 Å². The SMILES string of the molecule is C[C@@]1(F)[C@H](O)C(CO)OC12CC2. The molecule has 1 unspecified atom stereocenters. The number of hydrogen-bond donors (Lipinski definition) is 2. The Kier molecular flexibility index (Phi) is 1.53. The van der Waals surface area contributed by atoms with Gasteiger partial charge in [0.15, 0.2) is 5.67 Å². The smallest absolute Gasteiger partial charge is 0.165 e. The fraction of sp³-hybridized carbons (Fsp3) is 1.00. The summed E-state index contributed by atoms with van der Waals surface area (Å²) in [6.07, 6.45) is -0.645. The van der Waals surface area contributed by atoms with E-state index in [-0.39, 0.29) is 6.61 Å². The van der Waals surface area contributed by atoms with Gasteiger partial charge in [0.25, 0.3) is 0 Å². The normalized spacial score (nSPS) is 50.0. The molecule has 0 aromatic heterocycles. The molecular weight excluding hydrogens is 163 g/mol. The van der Waals surface area contributed by atoms with Crippen LogP contribution >= 0.6 is 0 Å². The van der Waals surface area contributed by atoms with Crippen LogP contribution in [-0.2, 0) is 4.74 Å². The molecule has 12 heavy (non-hydrogen) atoms. The topological polar surface area (TPSA) is 49.7 Å². The fourth-order valence-electron chi connectivity index (χ4n) is 1.95. The summed E-state index contributed by atoms with van der Waals surface area (Å²) in [5.41, 5.74) is -2.49. The Bertz CT molecular complexity index is 200. The largest absolute Gasteiger partial charge is 0.394 e. The van der Waals surface area contributed by atoms with Crippen molar-refractivity contribution in [3.8, 4) is 0 Å². The summed E-state index contributed by atoms with van der Waals surface area (Å²) in [7, 11) is 0. The van der Waals surface area contributed by atoms with Crippen LogP contribution in [-0.4, -0.2) is 40.3 Å². The molecule has 3 nitrogen and oxygen atoms in total. The zero-order valence-corrected chi connectivity index (χ0v) is 6.96. The predicted molar refractivity (Wildman–Crippen MR) is 39.4 cm³/mol. The third-order valence-corrected chi connectivity index (χ3v) is 3.06. The molecule has 0 aromatic carbocycles. The lowest BCUT2D eigenvalue weighted by molar-refractivity contribution is -0.0353. The summed E-state index contributed by atoms with van der Waals surface area (Å²) in [5, 5.41) is 18.2. The van der Waals surface area contributed by atoms with Gasteiger partial charge in [-0.2, -0.15) is 0 Å². The second kappa shape index (κ2) is 2.19. The van der Waals surface area contributed by atoms with Crippen molar-refractivity contribution in [2.45, 2.75) is 43.2 Å². The molecule has 2 N–H and O–H groups in total. The highest BCUT2D eigenvalue weighted by Crippen LogP contribution is 2.57. The monoisotopic (exact) mass is 176 g/mol. The highest BCUT2D eigenvalue weighted by molar-refractivity contribution is 5.18. The average molecular weight is 176 g/mol. The molecule has 4 heteroatoms. The van der Waals surface area contributed by atoms with Crippen molar-refractivity contribution >= 4 is 0 Å². The maximum absolute atomic E-state index is 13.8. The van der Waals surface area contributed by atoms with Gasteiger partial charge in [0.05, 0.1) is 6.61 Å². The number of alkyl halides is 1. The maximum atomic E-state index is 13.8. The first-order valence-electron chi connectivity index (χ1n) is 4.19. The summed E-state index contributed by atoms with van der Waals surface area (Å²) >= 11 is 0. The van der Waals surface area contributed by atoms with Gasteiger partial charge in [0.1, 0.15) is 17.8 Å². The molecule has 2 aliphatic rings. The average Bonchev–Trinajstić information content (AvgIpc) is 2.76. The molecular formula is C8H13FO3. The molecule has 1 heterocycles. The van der Waals surface area contributed by atoms with E-state index in [2.05, 4.69) is 0 Å². The number of aliphatic hydroxyl groups is 2. The van der Waals surface area contributed by atoms with Crippen molar-refractivity contribution in [3.63, 3.8) is 0 Å². The van der Waals surface area contributed by atoms with Crippen molar-refractivity contribution in [1.29, 1.82) is 0 Å². The number of hydrogen-bond acceptors (Lipinski definition) is 3. The van der Waals surface area contributed by atoms with Crippen LogP contribution in [0.3, 0.4) is 0 Å². The standard InChI is InChI=1S/C8H13FO3/c1-7(9)6(11)5(4-10)12-8(7)2-3-8/h5-6,10-11H,2-4H2,1H3/t5?,6-,7-/m1/s1. The quantitative estimate of drug-likeness (QED) is 0.591. The van der Waals surface area contributed by atoms with Gasteiger partial charge in [0, 0.05) is 0 Å². The fourth-order valence-corrected chi connectivity index (χ4v) is 1.95. The molecule has 0 bridgehead atoms. The molecule has 1 aliphatic heterocycles. The molecule has 1 spiro atoms. The van der Waals surface area contributed by atoms with Crippen LogP contribution in [0, 0.1) is 0 Å². The van der Waals surface area contributed by atoms with Gasteiger partial charge < -0.3 is 14.9 Å². The van der Waals surface area contributed by atoms with Crippen LogP contribution in [0.25, 0.3) is 0 Å². The molecule has 0 amide bonds. The predicted octanol–water partition coefficient (Wildman–Crippen LogP) is -0.000800. The van der Waals surface area contributed by atoms with Crippen LogP contribution in [0.15, 0.2) is 0 Å². The van der Waals surface area contributed by atoms with E-state index in [1.165, 1.54) is 6.92 Å². The van der Waals surface area contributed by atoms with E-state index >= 15 is 0 Å². The number of halogens is 1. The van der Waals surface area contributed by atoms with Crippen molar-refractivity contribution in [3.05, 3.63) is 0 Å². The van der Waals surface area contributed by atoms with Crippen LogP contribution < -0.4 is 0 Å². The van der Waals surface area contributed by atoms with Gasteiger partial charge in [-0.05, 0) is 19.8 Å². The van der Waals surface area contributed by atoms with Gasteiger partial charge in [-0.3, -0.25) is 0 Å². The van der Waals surface area contributed by atoms with E-state index in [0.29, 0.717) is 12.8 Å².